The Morgan fingerprint density at radius 1 is 1.13 bits per heavy atom. The predicted octanol–water partition coefficient (Wildman–Crippen LogP) is 4.11. The van der Waals surface area contributed by atoms with Crippen molar-refractivity contribution < 1.29 is 18.4 Å². The molecule has 166 valence electrons. The summed E-state index contributed by atoms with van der Waals surface area (Å²) in [7, 11) is 0. The van der Waals surface area contributed by atoms with E-state index < -0.39 is 5.92 Å². The molecule has 1 fully saturated rings. The van der Waals surface area contributed by atoms with Crippen molar-refractivity contribution in [2.24, 2.45) is 5.92 Å². The fourth-order valence-electron chi connectivity index (χ4n) is 3.94. The van der Waals surface area contributed by atoms with Crippen LogP contribution in [0.1, 0.15) is 42.9 Å². The number of nitrogens with one attached hydrogen (secondary N) is 2. The first-order valence-corrected chi connectivity index (χ1v) is 10.6. The molecule has 7 heteroatoms. The highest BCUT2D eigenvalue weighted by Crippen LogP contribution is 2.31. The van der Waals surface area contributed by atoms with Gasteiger partial charge in [-0.2, -0.15) is 0 Å². The number of piperidine rings is 1. The molecule has 1 saturated heterocycles. The Morgan fingerprint density at radius 3 is 2.58 bits per heavy atom. The minimum Gasteiger partial charge on any atom is -0.352 e. The Kier molecular flexibility index (Phi) is 7.25. The zero-order chi connectivity index (χ0) is 22.5. The van der Waals surface area contributed by atoms with E-state index in [-0.39, 0.29) is 42.1 Å². The van der Waals surface area contributed by atoms with Crippen LogP contribution in [-0.2, 0) is 11.3 Å². The SMILES string of the molecule is Cc1cc(C2CC(C(=O)NCc3cccc(F)c3)CN(C(=O)NC(C)C)C2)ccc1F. The van der Waals surface area contributed by atoms with Crippen molar-refractivity contribution in [1.29, 1.82) is 0 Å². The molecular formula is C24H29F2N3O2. The van der Waals surface area contributed by atoms with Gasteiger partial charge in [-0.25, -0.2) is 13.6 Å². The molecule has 31 heavy (non-hydrogen) atoms. The first-order chi connectivity index (χ1) is 14.7. The molecule has 2 aromatic carbocycles. The third-order valence-electron chi connectivity index (χ3n) is 5.53. The second-order valence-electron chi connectivity index (χ2n) is 8.50. The third-order valence-corrected chi connectivity index (χ3v) is 5.53. The lowest BCUT2D eigenvalue weighted by Gasteiger charge is -2.38. The number of nitrogens with zero attached hydrogens (tertiary/aromatic N) is 1. The number of benzene rings is 2. The Bertz CT molecular complexity index is 948. The number of rotatable bonds is 5. The standard InChI is InChI=1S/C24H29F2N3O2/c1-15(2)28-24(31)29-13-19(18-7-8-22(26)16(3)9-18)11-20(14-29)23(30)27-12-17-5-4-6-21(25)10-17/h4-10,15,19-20H,11-14H2,1-3H3,(H,27,30)(H,28,31). The van der Waals surface area contributed by atoms with Crippen molar-refractivity contribution >= 4 is 11.9 Å². The van der Waals surface area contributed by atoms with Gasteiger partial charge in [-0.05, 0) is 62.1 Å². The van der Waals surface area contributed by atoms with Crippen LogP contribution in [-0.4, -0.2) is 36.0 Å². The Morgan fingerprint density at radius 2 is 1.90 bits per heavy atom. The number of carbonyl (C=O) groups excluding carboxylic acids is 2. The highest BCUT2D eigenvalue weighted by atomic mass is 19.1. The average molecular weight is 430 g/mol. The first-order valence-electron chi connectivity index (χ1n) is 10.6. The van der Waals surface area contributed by atoms with Crippen LogP contribution in [0.2, 0.25) is 0 Å². The van der Waals surface area contributed by atoms with Crippen molar-refractivity contribution in [2.45, 2.75) is 45.7 Å². The van der Waals surface area contributed by atoms with Crippen LogP contribution in [0.25, 0.3) is 0 Å². The van der Waals surface area contributed by atoms with E-state index in [1.165, 1.54) is 18.2 Å². The van der Waals surface area contributed by atoms with Gasteiger partial charge in [-0.15, -0.1) is 0 Å². The van der Waals surface area contributed by atoms with Crippen molar-refractivity contribution in [2.75, 3.05) is 13.1 Å². The van der Waals surface area contributed by atoms with E-state index in [9.17, 15) is 18.4 Å². The van der Waals surface area contributed by atoms with E-state index >= 15 is 0 Å². The summed E-state index contributed by atoms with van der Waals surface area (Å²) in [4.78, 5) is 27.2. The smallest absolute Gasteiger partial charge is 0.317 e. The van der Waals surface area contributed by atoms with E-state index in [4.69, 9.17) is 0 Å². The maximum absolute atomic E-state index is 13.7. The number of halogens is 2. The molecule has 1 heterocycles. The molecule has 0 spiro atoms. The molecule has 0 aromatic heterocycles. The van der Waals surface area contributed by atoms with Crippen LogP contribution in [0.3, 0.4) is 0 Å². The van der Waals surface area contributed by atoms with Gasteiger partial charge in [0, 0.05) is 31.6 Å². The summed E-state index contributed by atoms with van der Waals surface area (Å²) < 4.78 is 27.1. The van der Waals surface area contributed by atoms with Crippen LogP contribution in [0, 0.1) is 24.5 Å². The number of carbonyl (C=O) groups is 2. The topological polar surface area (TPSA) is 61.4 Å². The summed E-state index contributed by atoms with van der Waals surface area (Å²) in [5.74, 6) is -1.33. The average Bonchev–Trinajstić information content (AvgIpc) is 2.73. The van der Waals surface area contributed by atoms with Gasteiger partial charge in [0.1, 0.15) is 11.6 Å². The van der Waals surface area contributed by atoms with Gasteiger partial charge < -0.3 is 15.5 Å². The normalized spacial score (nSPS) is 18.7. The van der Waals surface area contributed by atoms with Crippen molar-refractivity contribution in [3.63, 3.8) is 0 Å². The molecule has 5 nitrogen and oxygen atoms in total. The molecule has 2 atom stereocenters. The zero-order valence-corrected chi connectivity index (χ0v) is 18.1. The first kappa shape index (κ1) is 22.7. The number of urea groups is 1. The van der Waals surface area contributed by atoms with E-state index in [1.807, 2.05) is 13.8 Å². The second kappa shape index (κ2) is 9.90. The maximum atomic E-state index is 13.7. The van der Waals surface area contributed by atoms with E-state index in [0.717, 1.165) is 5.56 Å². The lowest BCUT2D eigenvalue weighted by atomic mass is 9.83. The van der Waals surface area contributed by atoms with Gasteiger partial charge in [0.2, 0.25) is 5.91 Å². The van der Waals surface area contributed by atoms with Gasteiger partial charge in [0.15, 0.2) is 0 Å². The van der Waals surface area contributed by atoms with Gasteiger partial charge in [0.25, 0.3) is 0 Å². The number of amides is 3. The minimum absolute atomic E-state index is 0.0267. The second-order valence-corrected chi connectivity index (χ2v) is 8.50. The number of hydrogen-bond acceptors (Lipinski definition) is 2. The fourth-order valence-corrected chi connectivity index (χ4v) is 3.94. The van der Waals surface area contributed by atoms with E-state index in [0.29, 0.717) is 30.6 Å². The molecule has 0 radical (unpaired) electrons. The summed E-state index contributed by atoms with van der Waals surface area (Å²) in [6.45, 7) is 6.43. The van der Waals surface area contributed by atoms with E-state index in [2.05, 4.69) is 10.6 Å². The van der Waals surface area contributed by atoms with Crippen molar-refractivity contribution in [3.8, 4) is 0 Å². The molecule has 3 amide bonds. The number of hydrogen-bond donors (Lipinski definition) is 2. The number of likely N-dealkylation sites (tertiary alicyclic amines) is 1. The van der Waals surface area contributed by atoms with Crippen LogP contribution in [0.5, 0.6) is 0 Å². The van der Waals surface area contributed by atoms with Gasteiger partial charge >= 0.3 is 6.03 Å². The minimum atomic E-state index is -0.421. The van der Waals surface area contributed by atoms with Crippen LogP contribution in [0.15, 0.2) is 42.5 Å². The van der Waals surface area contributed by atoms with Crippen LogP contribution in [0.4, 0.5) is 13.6 Å². The van der Waals surface area contributed by atoms with E-state index in [1.54, 1.807) is 36.1 Å². The molecule has 3 rings (SSSR count). The summed E-state index contributed by atoms with van der Waals surface area (Å²) in [5, 5.41) is 5.75. The Balaban J connectivity index is 1.76. The number of aryl methyl sites for hydroxylation is 1. The summed E-state index contributed by atoms with van der Waals surface area (Å²) >= 11 is 0. The highest BCUT2D eigenvalue weighted by molar-refractivity contribution is 5.81. The Hall–Kier alpha value is -2.96. The lowest BCUT2D eigenvalue weighted by Crippen LogP contribution is -2.52. The molecule has 2 aromatic rings. The Labute approximate surface area is 181 Å². The van der Waals surface area contributed by atoms with Gasteiger partial charge in [-0.3, -0.25) is 4.79 Å². The third kappa shape index (κ3) is 6.03. The molecule has 0 saturated carbocycles. The van der Waals surface area contributed by atoms with Crippen LogP contribution < -0.4 is 10.6 Å². The summed E-state index contributed by atoms with van der Waals surface area (Å²) in [6.07, 6.45) is 0.547. The van der Waals surface area contributed by atoms with Crippen molar-refractivity contribution in [1.82, 2.24) is 15.5 Å². The van der Waals surface area contributed by atoms with Gasteiger partial charge in [0.05, 0.1) is 5.92 Å². The predicted molar refractivity (Wildman–Crippen MR) is 115 cm³/mol. The largest absolute Gasteiger partial charge is 0.352 e. The molecule has 0 aliphatic carbocycles. The van der Waals surface area contributed by atoms with Crippen molar-refractivity contribution in [3.05, 3.63) is 70.8 Å². The van der Waals surface area contributed by atoms with Gasteiger partial charge in [-0.1, -0.05) is 24.3 Å². The quantitative estimate of drug-likeness (QED) is 0.751. The molecule has 0 bridgehead atoms. The zero-order valence-electron chi connectivity index (χ0n) is 18.1. The summed E-state index contributed by atoms with van der Waals surface area (Å²) in [5.41, 5.74) is 2.11. The molecule has 1 aliphatic heterocycles. The lowest BCUT2D eigenvalue weighted by molar-refractivity contribution is -0.126. The molecule has 2 N–H and O–H groups in total. The molecule has 1 aliphatic rings. The van der Waals surface area contributed by atoms with Crippen LogP contribution >= 0.6 is 0 Å². The maximum Gasteiger partial charge on any atom is 0.317 e. The fraction of sp³-hybridized carbons (Fsp3) is 0.417. The summed E-state index contributed by atoms with van der Waals surface area (Å²) in [6, 6.07) is 10.8. The molecular weight excluding hydrogens is 400 g/mol. The molecule has 2 unspecified atom stereocenters. The monoisotopic (exact) mass is 429 g/mol. The highest BCUT2D eigenvalue weighted by Gasteiger charge is 2.34.